The maximum atomic E-state index is 13.3. The topological polar surface area (TPSA) is 29.1 Å². The summed E-state index contributed by atoms with van der Waals surface area (Å²) in [6.45, 7) is 4.89. The average molecular weight is 227 g/mol. The molecule has 0 amide bonds. The quantitative estimate of drug-likeness (QED) is 0.782. The lowest BCUT2D eigenvalue weighted by Crippen LogP contribution is -2.26. The molecule has 0 bridgehead atoms. The third-order valence-electron chi connectivity index (χ3n) is 2.34. The summed E-state index contributed by atoms with van der Waals surface area (Å²) in [6, 6.07) is 3.01. The second kappa shape index (κ2) is 5.70. The molecule has 16 heavy (non-hydrogen) atoms. The molecular formula is C12H15F2NO. The van der Waals surface area contributed by atoms with Crippen LogP contribution < -0.4 is 5.32 Å². The molecule has 88 valence electrons. The van der Waals surface area contributed by atoms with E-state index in [4.69, 9.17) is 0 Å². The number of hydrogen-bond donors (Lipinski definition) is 1. The van der Waals surface area contributed by atoms with Crippen LogP contribution in [-0.2, 0) is 0 Å². The van der Waals surface area contributed by atoms with Crippen molar-refractivity contribution in [2.24, 2.45) is 5.92 Å². The van der Waals surface area contributed by atoms with Gasteiger partial charge in [0.15, 0.2) is 5.78 Å². The van der Waals surface area contributed by atoms with Crippen LogP contribution in [0, 0.1) is 17.6 Å². The van der Waals surface area contributed by atoms with Crippen LogP contribution in [0.1, 0.15) is 24.2 Å². The molecule has 1 atom stereocenters. The van der Waals surface area contributed by atoms with Crippen LogP contribution in [0.2, 0.25) is 0 Å². The molecule has 0 spiro atoms. The first-order valence-corrected chi connectivity index (χ1v) is 5.26. The van der Waals surface area contributed by atoms with Crippen molar-refractivity contribution in [3.63, 3.8) is 0 Å². The van der Waals surface area contributed by atoms with Gasteiger partial charge >= 0.3 is 0 Å². The second-order valence-corrected chi connectivity index (χ2v) is 3.70. The van der Waals surface area contributed by atoms with Gasteiger partial charge in [0.25, 0.3) is 0 Å². The first-order valence-electron chi connectivity index (χ1n) is 5.26. The predicted octanol–water partition coefficient (Wildman–Crippen LogP) is 2.39. The van der Waals surface area contributed by atoms with Gasteiger partial charge in [-0.2, -0.15) is 0 Å². The highest BCUT2D eigenvalue weighted by molar-refractivity contribution is 5.98. The van der Waals surface area contributed by atoms with Crippen LogP contribution in [0.25, 0.3) is 0 Å². The van der Waals surface area contributed by atoms with Gasteiger partial charge in [-0.15, -0.1) is 0 Å². The van der Waals surface area contributed by atoms with E-state index >= 15 is 0 Å². The highest BCUT2D eigenvalue weighted by atomic mass is 19.1. The van der Waals surface area contributed by atoms with Crippen molar-refractivity contribution in [1.82, 2.24) is 5.32 Å². The van der Waals surface area contributed by atoms with Crippen molar-refractivity contribution in [1.29, 1.82) is 0 Å². The van der Waals surface area contributed by atoms with Crippen molar-refractivity contribution >= 4 is 5.78 Å². The molecule has 0 aliphatic carbocycles. The lowest BCUT2D eigenvalue weighted by atomic mass is 9.99. The lowest BCUT2D eigenvalue weighted by molar-refractivity contribution is 0.0925. The Morgan fingerprint density at radius 2 is 2.12 bits per heavy atom. The van der Waals surface area contributed by atoms with E-state index in [2.05, 4.69) is 5.32 Å². The number of rotatable bonds is 5. The number of carbonyl (C=O) groups excluding carboxylic acids is 1. The second-order valence-electron chi connectivity index (χ2n) is 3.70. The largest absolute Gasteiger partial charge is 0.316 e. The van der Waals surface area contributed by atoms with Gasteiger partial charge in [0.1, 0.15) is 11.6 Å². The van der Waals surface area contributed by atoms with Crippen LogP contribution in [0.3, 0.4) is 0 Å². The van der Waals surface area contributed by atoms with E-state index in [1.807, 2.05) is 6.92 Å². The standard InChI is InChI=1S/C12H15F2NO/c1-3-15-7-8(2)12(16)10-5-4-9(13)6-11(10)14/h4-6,8,15H,3,7H2,1-2H3. The number of nitrogens with one attached hydrogen (secondary N) is 1. The number of benzene rings is 1. The molecule has 1 aromatic rings. The third-order valence-corrected chi connectivity index (χ3v) is 2.34. The van der Waals surface area contributed by atoms with Crippen molar-refractivity contribution < 1.29 is 13.6 Å². The Balaban J connectivity index is 2.79. The first kappa shape index (κ1) is 12.8. The molecule has 0 heterocycles. The van der Waals surface area contributed by atoms with Crippen molar-refractivity contribution in [2.75, 3.05) is 13.1 Å². The molecule has 1 unspecified atom stereocenters. The lowest BCUT2D eigenvalue weighted by Gasteiger charge is -2.11. The first-order chi connectivity index (χ1) is 7.56. The summed E-state index contributed by atoms with van der Waals surface area (Å²) in [4.78, 5) is 11.8. The molecule has 0 saturated heterocycles. The SMILES string of the molecule is CCNCC(C)C(=O)c1ccc(F)cc1F. The van der Waals surface area contributed by atoms with Gasteiger partial charge < -0.3 is 5.32 Å². The number of carbonyl (C=O) groups is 1. The number of Topliss-reactive ketones (excluding diaryl/α,β-unsaturated/α-hetero) is 1. The zero-order chi connectivity index (χ0) is 12.1. The fourth-order valence-electron chi connectivity index (χ4n) is 1.41. The molecule has 1 rings (SSSR count). The van der Waals surface area contributed by atoms with Gasteiger partial charge in [-0.05, 0) is 18.7 Å². The van der Waals surface area contributed by atoms with E-state index in [0.29, 0.717) is 6.54 Å². The minimum absolute atomic E-state index is 0.0493. The molecule has 4 heteroatoms. The van der Waals surface area contributed by atoms with E-state index in [-0.39, 0.29) is 17.3 Å². The van der Waals surface area contributed by atoms with E-state index in [1.165, 1.54) is 6.07 Å². The number of halogens is 2. The van der Waals surface area contributed by atoms with Crippen LogP contribution in [0.4, 0.5) is 8.78 Å². The van der Waals surface area contributed by atoms with E-state index in [9.17, 15) is 13.6 Å². The van der Waals surface area contributed by atoms with Gasteiger partial charge in [0, 0.05) is 18.5 Å². The molecule has 0 saturated carbocycles. The Kier molecular flexibility index (Phi) is 4.55. The zero-order valence-electron chi connectivity index (χ0n) is 9.39. The highest BCUT2D eigenvalue weighted by Gasteiger charge is 2.18. The summed E-state index contributed by atoms with van der Waals surface area (Å²) in [6.07, 6.45) is 0. The Bertz CT molecular complexity index is 379. The van der Waals surface area contributed by atoms with Gasteiger partial charge in [-0.1, -0.05) is 13.8 Å². The van der Waals surface area contributed by atoms with Crippen LogP contribution >= 0.6 is 0 Å². The van der Waals surface area contributed by atoms with Crippen LogP contribution in [-0.4, -0.2) is 18.9 Å². The van der Waals surface area contributed by atoms with Crippen molar-refractivity contribution in [3.8, 4) is 0 Å². The summed E-state index contributed by atoms with van der Waals surface area (Å²) in [5.41, 5.74) is -0.0493. The molecule has 0 radical (unpaired) electrons. The highest BCUT2D eigenvalue weighted by Crippen LogP contribution is 2.14. The van der Waals surface area contributed by atoms with Gasteiger partial charge in [0.2, 0.25) is 0 Å². The molecule has 0 aliphatic rings. The molecule has 0 aromatic heterocycles. The summed E-state index contributed by atoms with van der Waals surface area (Å²) >= 11 is 0. The van der Waals surface area contributed by atoms with Crippen LogP contribution in [0.15, 0.2) is 18.2 Å². The summed E-state index contributed by atoms with van der Waals surface area (Å²) in [7, 11) is 0. The summed E-state index contributed by atoms with van der Waals surface area (Å²) in [5.74, 6) is -2.10. The minimum atomic E-state index is -0.798. The normalized spacial score (nSPS) is 12.5. The zero-order valence-corrected chi connectivity index (χ0v) is 9.39. The molecule has 2 nitrogen and oxygen atoms in total. The fourth-order valence-corrected chi connectivity index (χ4v) is 1.41. The molecule has 1 N–H and O–H groups in total. The third kappa shape index (κ3) is 3.10. The minimum Gasteiger partial charge on any atom is -0.316 e. The van der Waals surface area contributed by atoms with E-state index in [1.54, 1.807) is 6.92 Å². The van der Waals surface area contributed by atoms with Gasteiger partial charge in [0.05, 0.1) is 5.56 Å². The Hall–Kier alpha value is -1.29. The van der Waals surface area contributed by atoms with E-state index in [0.717, 1.165) is 18.7 Å². The molecule has 1 aromatic carbocycles. The summed E-state index contributed by atoms with van der Waals surface area (Å²) < 4.78 is 26.0. The molecule has 0 fully saturated rings. The maximum Gasteiger partial charge on any atom is 0.169 e. The van der Waals surface area contributed by atoms with Crippen molar-refractivity contribution in [3.05, 3.63) is 35.4 Å². The number of hydrogen-bond acceptors (Lipinski definition) is 2. The van der Waals surface area contributed by atoms with E-state index < -0.39 is 11.6 Å². The smallest absolute Gasteiger partial charge is 0.169 e. The van der Waals surface area contributed by atoms with Crippen molar-refractivity contribution in [2.45, 2.75) is 13.8 Å². The number of ketones is 1. The maximum absolute atomic E-state index is 13.3. The molecular weight excluding hydrogens is 212 g/mol. The van der Waals surface area contributed by atoms with Gasteiger partial charge in [-0.3, -0.25) is 4.79 Å². The van der Waals surface area contributed by atoms with Gasteiger partial charge in [-0.25, -0.2) is 8.78 Å². The predicted molar refractivity (Wildman–Crippen MR) is 58.4 cm³/mol. The van der Waals surface area contributed by atoms with Crippen LogP contribution in [0.5, 0.6) is 0 Å². The monoisotopic (exact) mass is 227 g/mol. The Morgan fingerprint density at radius 3 is 2.69 bits per heavy atom. The average Bonchev–Trinajstić information content (AvgIpc) is 2.25. The summed E-state index contributed by atoms with van der Waals surface area (Å²) in [5, 5.41) is 3.01. The fraction of sp³-hybridized carbons (Fsp3) is 0.417. The molecule has 0 aliphatic heterocycles. The Labute approximate surface area is 93.7 Å². The Morgan fingerprint density at radius 1 is 1.44 bits per heavy atom.